The van der Waals surface area contributed by atoms with Crippen molar-refractivity contribution in [2.75, 3.05) is 5.32 Å². The molecule has 0 aromatic carbocycles. The number of rotatable bonds is 6. The van der Waals surface area contributed by atoms with Gasteiger partial charge in [0, 0.05) is 11.9 Å². The van der Waals surface area contributed by atoms with E-state index in [2.05, 4.69) is 15.3 Å². The Morgan fingerprint density at radius 1 is 1.14 bits per heavy atom. The Morgan fingerprint density at radius 2 is 1.82 bits per heavy atom. The first-order valence-electron chi connectivity index (χ1n) is 8.64. The zero-order chi connectivity index (χ0) is 21.0. The number of carbonyl (C=O) groups is 3. The molecular formula is C19H22ClN3O5. The summed E-state index contributed by atoms with van der Waals surface area (Å²) < 4.78 is 10.4. The van der Waals surface area contributed by atoms with Crippen LogP contribution in [0.4, 0.5) is 5.69 Å². The molecule has 0 saturated carbocycles. The first kappa shape index (κ1) is 21.4. The van der Waals surface area contributed by atoms with Crippen LogP contribution in [0.15, 0.2) is 18.3 Å². The van der Waals surface area contributed by atoms with Gasteiger partial charge in [0.15, 0.2) is 11.3 Å². The standard InChI is InChI=1S/C19H22ClN3O5/c1-9(2)27-18(25)14-10(3)15(22-11(14)4)19(26)28-12(5)17(24)23-13-7-6-8-21-16(13)20/h6-9,12,22H,1-5H3,(H,23,24)/t12-/m0/s1. The summed E-state index contributed by atoms with van der Waals surface area (Å²) in [4.78, 5) is 43.7. The van der Waals surface area contributed by atoms with Gasteiger partial charge in [-0.2, -0.15) is 0 Å². The smallest absolute Gasteiger partial charge is 0.355 e. The van der Waals surface area contributed by atoms with Crippen molar-refractivity contribution >= 4 is 35.1 Å². The largest absolute Gasteiger partial charge is 0.459 e. The predicted octanol–water partition coefficient (Wildman–Crippen LogP) is 3.43. The van der Waals surface area contributed by atoms with Crippen molar-refractivity contribution in [3.05, 3.63) is 46.0 Å². The summed E-state index contributed by atoms with van der Waals surface area (Å²) in [5.41, 5.74) is 1.56. The lowest BCUT2D eigenvalue weighted by molar-refractivity contribution is -0.123. The zero-order valence-electron chi connectivity index (χ0n) is 16.3. The highest BCUT2D eigenvalue weighted by molar-refractivity contribution is 6.32. The number of anilines is 1. The maximum Gasteiger partial charge on any atom is 0.355 e. The van der Waals surface area contributed by atoms with E-state index in [0.717, 1.165) is 0 Å². The number of aromatic nitrogens is 2. The number of esters is 2. The summed E-state index contributed by atoms with van der Waals surface area (Å²) in [6.45, 7) is 8.16. The van der Waals surface area contributed by atoms with Crippen LogP contribution in [0.2, 0.25) is 5.15 Å². The van der Waals surface area contributed by atoms with E-state index >= 15 is 0 Å². The minimum Gasteiger partial charge on any atom is -0.459 e. The molecule has 2 N–H and O–H groups in total. The van der Waals surface area contributed by atoms with Gasteiger partial charge in [0.2, 0.25) is 0 Å². The molecular weight excluding hydrogens is 386 g/mol. The van der Waals surface area contributed by atoms with Crippen molar-refractivity contribution in [3.63, 3.8) is 0 Å². The fourth-order valence-corrected chi connectivity index (χ4v) is 2.69. The summed E-state index contributed by atoms with van der Waals surface area (Å²) in [5, 5.41) is 2.67. The monoisotopic (exact) mass is 407 g/mol. The Balaban J connectivity index is 2.11. The SMILES string of the molecule is Cc1[nH]c(C(=O)O[C@@H](C)C(=O)Nc2cccnc2Cl)c(C)c1C(=O)OC(C)C. The maximum absolute atomic E-state index is 12.5. The van der Waals surface area contributed by atoms with Crippen LogP contribution in [0, 0.1) is 13.8 Å². The molecule has 9 heteroatoms. The quantitative estimate of drug-likeness (QED) is 0.560. The Bertz CT molecular complexity index is 907. The highest BCUT2D eigenvalue weighted by Crippen LogP contribution is 2.21. The predicted molar refractivity (Wildman–Crippen MR) is 104 cm³/mol. The molecule has 0 fully saturated rings. The van der Waals surface area contributed by atoms with E-state index in [4.69, 9.17) is 21.1 Å². The minimum absolute atomic E-state index is 0.0901. The summed E-state index contributed by atoms with van der Waals surface area (Å²) in [6, 6.07) is 3.19. The van der Waals surface area contributed by atoms with Crippen LogP contribution in [-0.4, -0.2) is 40.0 Å². The lowest BCUT2D eigenvalue weighted by Crippen LogP contribution is -2.30. The van der Waals surface area contributed by atoms with Gasteiger partial charge in [-0.25, -0.2) is 14.6 Å². The first-order chi connectivity index (χ1) is 13.1. The number of hydrogen-bond acceptors (Lipinski definition) is 6. The van der Waals surface area contributed by atoms with Gasteiger partial charge in [0.25, 0.3) is 5.91 Å². The molecule has 2 rings (SSSR count). The van der Waals surface area contributed by atoms with Crippen molar-refractivity contribution in [2.24, 2.45) is 0 Å². The lowest BCUT2D eigenvalue weighted by Gasteiger charge is -2.14. The van der Waals surface area contributed by atoms with E-state index in [1.165, 1.54) is 13.1 Å². The number of hydrogen-bond donors (Lipinski definition) is 2. The molecule has 2 heterocycles. The van der Waals surface area contributed by atoms with E-state index in [1.807, 2.05) is 0 Å². The average molecular weight is 408 g/mol. The number of halogens is 1. The minimum atomic E-state index is -1.10. The van der Waals surface area contributed by atoms with Gasteiger partial charge in [-0.3, -0.25) is 4.79 Å². The molecule has 0 bridgehead atoms. The molecule has 1 amide bonds. The second kappa shape index (κ2) is 8.88. The number of nitrogens with one attached hydrogen (secondary N) is 2. The Kier molecular flexibility index (Phi) is 6.80. The normalized spacial score (nSPS) is 11.8. The molecule has 0 aliphatic carbocycles. The van der Waals surface area contributed by atoms with Crippen LogP contribution in [0.5, 0.6) is 0 Å². The molecule has 28 heavy (non-hydrogen) atoms. The Morgan fingerprint density at radius 3 is 2.43 bits per heavy atom. The van der Waals surface area contributed by atoms with Crippen molar-refractivity contribution in [3.8, 4) is 0 Å². The Hall–Kier alpha value is -2.87. The van der Waals surface area contributed by atoms with Gasteiger partial charge in [-0.05, 0) is 52.3 Å². The van der Waals surface area contributed by atoms with E-state index in [9.17, 15) is 14.4 Å². The lowest BCUT2D eigenvalue weighted by atomic mass is 10.1. The van der Waals surface area contributed by atoms with Gasteiger partial charge in [0.1, 0.15) is 5.69 Å². The van der Waals surface area contributed by atoms with Gasteiger partial charge < -0.3 is 19.8 Å². The average Bonchev–Trinajstić information content (AvgIpc) is 2.90. The van der Waals surface area contributed by atoms with Crippen LogP contribution in [-0.2, 0) is 14.3 Å². The molecule has 2 aromatic heterocycles. The highest BCUT2D eigenvalue weighted by Gasteiger charge is 2.27. The van der Waals surface area contributed by atoms with E-state index in [1.54, 1.807) is 39.8 Å². The third-order valence-electron chi connectivity index (χ3n) is 3.86. The van der Waals surface area contributed by atoms with Crippen LogP contribution in [0.3, 0.4) is 0 Å². The molecule has 0 saturated heterocycles. The Labute approximate surface area is 167 Å². The fraction of sp³-hybridized carbons (Fsp3) is 0.368. The number of aryl methyl sites for hydroxylation is 1. The maximum atomic E-state index is 12.5. The summed E-state index contributed by atoms with van der Waals surface area (Å²) in [5.74, 6) is -1.86. The van der Waals surface area contributed by atoms with Gasteiger partial charge >= 0.3 is 11.9 Å². The topological polar surface area (TPSA) is 110 Å². The molecule has 0 radical (unpaired) electrons. The van der Waals surface area contributed by atoms with E-state index < -0.39 is 23.9 Å². The van der Waals surface area contributed by atoms with Gasteiger partial charge in [-0.1, -0.05) is 11.6 Å². The number of nitrogens with zero attached hydrogens (tertiary/aromatic N) is 1. The van der Waals surface area contributed by atoms with Crippen molar-refractivity contribution < 1.29 is 23.9 Å². The molecule has 150 valence electrons. The number of ether oxygens (including phenoxy) is 2. The molecule has 8 nitrogen and oxygen atoms in total. The van der Waals surface area contributed by atoms with Crippen molar-refractivity contribution in [2.45, 2.75) is 46.8 Å². The number of amides is 1. The molecule has 0 aliphatic rings. The molecule has 0 aliphatic heterocycles. The second-order valence-corrected chi connectivity index (χ2v) is 6.82. The summed E-state index contributed by atoms with van der Waals surface area (Å²) in [7, 11) is 0. The summed E-state index contributed by atoms with van der Waals surface area (Å²) in [6.07, 6.45) is 0.0945. The van der Waals surface area contributed by atoms with Crippen LogP contribution >= 0.6 is 11.6 Å². The van der Waals surface area contributed by atoms with Crippen molar-refractivity contribution in [1.29, 1.82) is 0 Å². The number of pyridine rings is 1. The van der Waals surface area contributed by atoms with E-state index in [-0.39, 0.29) is 22.5 Å². The molecule has 2 aromatic rings. The zero-order valence-corrected chi connectivity index (χ0v) is 17.0. The van der Waals surface area contributed by atoms with Crippen LogP contribution < -0.4 is 5.32 Å². The second-order valence-electron chi connectivity index (χ2n) is 6.46. The third-order valence-corrected chi connectivity index (χ3v) is 4.16. The van der Waals surface area contributed by atoms with Gasteiger partial charge in [0.05, 0.1) is 17.4 Å². The van der Waals surface area contributed by atoms with Crippen LogP contribution in [0.1, 0.15) is 52.9 Å². The molecule has 0 unspecified atom stereocenters. The van der Waals surface area contributed by atoms with E-state index in [0.29, 0.717) is 16.9 Å². The number of aromatic amines is 1. The molecule has 0 spiro atoms. The third kappa shape index (κ3) is 4.89. The molecule has 1 atom stereocenters. The first-order valence-corrected chi connectivity index (χ1v) is 9.02. The number of carbonyl (C=O) groups excluding carboxylic acids is 3. The fourth-order valence-electron chi connectivity index (χ4n) is 2.52. The van der Waals surface area contributed by atoms with Crippen molar-refractivity contribution in [1.82, 2.24) is 9.97 Å². The number of H-pyrrole nitrogens is 1. The highest BCUT2D eigenvalue weighted by atomic mass is 35.5. The van der Waals surface area contributed by atoms with Gasteiger partial charge in [-0.15, -0.1) is 0 Å². The van der Waals surface area contributed by atoms with Crippen LogP contribution in [0.25, 0.3) is 0 Å². The summed E-state index contributed by atoms with van der Waals surface area (Å²) >= 11 is 5.90.